The van der Waals surface area contributed by atoms with Gasteiger partial charge in [-0.05, 0) is 12.1 Å². The summed E-state index contributed by atoms with van der Waals surface area (Å²) in [5, 5.41) is 18.4. The monoisotopic (exact) mass is 248 g/mol. The Balaban J connectivity index is 2.12. The quantitative estimate of drug-likeness (QED) is 0.854. The smallest absolute Gasteiger partial charge is 0.372 e. The first kappa shape index (κ1) is 12.0. The summed E-state index contributed by atoms with van der Waals surface area (Å²) in [6, 6.07) is 6.57. The fourth-order valence-corrected chi connectivity index (χ4v) is 1.51. The number of carboxylic acids is 1. The average molecular weight is 248 g/mol. The second-order valence-corrected chi connectivity index (χ2v) is 3.69. The van der Waals surface area contributed by atoms with Gasteiger partial charge >= 0.3 is 5.97 Å². The van der Waals surface area contributed by atoms with Crippen molar-refractivity contribution in [1.82, 2.24) is 9.55 Å². The molecule has 1 aromatic carbocycles. The maximum atomic E-state index is 10.8. The van der Waals surface area contributed by atoms with Gasteiger partial charge in [0.15, 0.2) is 11.5 Å². The van der Waals surface area contributed by atoms with Crippen LogP contribution in [0.15, 0.2) is 30.5 Å². The molecule has 0 radical (unpaired) electrons. The van der Waals surface area contributed by atoms with Crippen LogP contribution in [0.3, 0.4) is 0 Å². The highest BCUT2D eigenvalue weighted by Gasteiger charge is 2.13. The molecule has 2 aromatic rings. The van der Waals surface area contributed by atoms with Crippen LogP contribution >= 0.6 is 0 Å². The van der Waals surface area contributed by atoms with Crippen molar-refractivity contribution in [3.63, 3.8) is 0 Å². The van der Waals surface area contributed by atoms with Gasteiger partial charge in [-0.1, -0.05) is 12.1 Å². The molecule has 1 aromatic heterocycles. The number of ether oxygens (including phenoxy) is 1. The van der Waals surface area contributed by atoms with Crippen molar-refractivity contribution in [1.29, 1.82) is 0 Å². The Bertz CT molecular complexity index is 577. The molecule has 0 amide bonds. The van der Waals surface area contributed by atoms with E-state index in [1.807, 2.05) is 0 Å². The zero-order chi connectivity index (χ0) is 13.1. The van der Waals surface area contributed by atoms with Crippen LogP contribution in [0.4, 0.5) is 0 Å². The summed E-state index contributed by atoms with van der Waals surface area (Å²) in [5.74, 6) is -0.758. The van der Waals surface area contributed by atoms with Crippen LogP contribution in [0.2, 0.25) is 0 Å². The van der Waals surface area contributed by atoms with Crippen molar-refractivity contribution in [3.05, 3.63) is 42.0 Å². The Kier molecular flexibility index (Phi) is 3.18. The lowest BCUT2D eigenvalue weighted by Crippen LogP contribution is -2.09. The minimum atomic E-state index is -1.09. The van der Waals surface area contributed by atoms with E-state index in [0.717, 1.165) is 0 Å². The van der Waals surface area contributed by atoms with Gasteiger partial charge in [-0.3, -0.25) is 0 Å². The van der Waals surface area contributed by atoms with Crippen molar-refractivity contribution in [2.24, 2.45) is 7.05 Å². The summed E-state index contributed by atoms with van der Waals surface area (Å²) in [4.78, 5) is 14.6. The van der Waals surface area contributed by atoms with Gasteiger partial charge in [0.1, 0.15) is 6.61 Å². The summed E-state index contributed by atoms with van der Waals surface area (Å²) < 4.78 is 6.83. The first-order chi connectivity index (χ1) is 8.59. The van der Waals surface area contributed by atoms with Crippen LogP contribution in [0, 0.1) is 0 Å². The Labute approximate surface area is 103 Å². The van der Waals surface area contributed by atoms with E-state index >= 15 is 0 Å². The van der Waals surface area contributed by atoms with Crippen molar-refractivity contribution >= 4 is 5.97 Å². The lowest BCUT2D eigenvalue weighted by Gasteiger charge is -2.08. The molecule has 94 valence electrons. The number of aromatic nitrogens is 2. The SMILES string of the molecule is Cn1c(COc2ccccc2O)cnc1C(=O)O. The number of nitrogens with zero attached hydrogens (tertiary/aromatic N) is 2. The third kappa shape index (κ3) is 2.27. The number of phenols is 1. The molecule has 0 atom stereocenters. The number of aromatic hydroxyl groups is 1. The predicted octanol–water partition coefficient (Wildman–Crippen LogP) is 1.40. The number of para-hydroxylation sites is 2. The van der Waals surface area contributed by atoms with Crippen LogP contribution in [0.5, 0.6) is 11.5 Å². The number of rotatable bonds is 4. The Morgan fingerprint density at radius 3 is 2.78 bits per heavy atom. The Morgan fingerprint density at radius 1 is 1.44 bits per heavy atom. The number of carbonyl (C=O) groups is 1. The largest absolute Gasteiger partial charge is 0.504 e. The highest BCUT2D eigenvalue weighted by atomic mass is 16.5. The molecule has 6 heteroatoms. The number of phenolic OH excluding ortho intramolecular Hbond substituents is 1. The van der Waals surface area contributed by atoms with Gasteiger partial charge in [-0.2, -0.15) is 0 Å². The molecule has 0 aliphatic rings. The zero-order valence-corrected chi connectivity index (χ0v) is 9.70. The van der Waals surface area contributed by atoms with Crippen LogP contribution in [-0.4, -0.2) is 25.7 Å². The number of hydrogen-bond acceptors (Lipinski definition) is 4. The van der Waals surface area contributed by atoms with E-state index < -0.39 is 5.97 Å². The van der Waals surface area contributed by atoms with E-state index in [4.69, 9.17) is 9.84 Å². The number of imidazole rings is 1. The number of benzene rings is 1. The second-order valence-electron chi connectivity index (χ2n) is 3.69. The van der Waals surface area contributed by atoms with E-state index in [1.54, 1.807) is 25.2 Å². The maximum Gasteiger partial charge on any atom is 0.372 e. The molecule has 0 aliphatic carbocycles. The highest BCUT2D eigenvalue weighted by Crippen LogP contribution is 2.25. The Hall–Kier alpha value is -2.50. The van der Waals surface area contributed by atoms with Gasteiger partial charge < -0.3 is 19.5 Å². The summed E-state index contributed by atoms with van der Waals surface area (Å²) >= 11 is 0. The van der Waals surface area contributed by atoms with Gasteiger partial charge in [0.05, 0.1) is 11.9 Å². The summed E-state index contributed by atoms with van der Waals surface area (Å²) in [5.41, 5.74) is 0.607. The molecule has 0 saturated carbocycles. The average Bonchev–Trinajstić information content (AvgIpc) is 2.70. The number of hydrogen-bond donors (Lipinski definition) is 2. The fraction of sp³-hybridized carbons (Fsp3) is 0.167. The van der Waals surface area contributed by atoms with Crippen molar-refractivity contribution in [2.45, 2.75) is 6.61 Å². The van der Waals surface area contributed by atoms with E-state index in [0.29, 0.717) is 11.4 Å². The van der Waals surface area contributed by atoms with E-state index in [2.05, 4.69) is 4.98 Å². The van der Waals surface area contributed by atoms with Crippen LogP contribution in [-0.2, 0) is 13.7 Å². The molecular formula is C12H12N2O4. The molecule has 6 nitrogen and oxygen atoms in total. The maximum absolute atomic E-state index is 10.8. The summed E-state index contributed by atoms with van der Waals surface area (Å²) in [7, 11) is 1.60. The second kappa shape index (κ2) is 4.79. The van der Waals surface area contributed by atoms with E-state index in [-0.39, 0.29) is 18.2 Å². The van der Waals surface area contributed by atoms with Crippen LogP contribution in [0.1, 0.15) is 16.3 Å². The first-order valence-electron chi connectivity index (χ1n) is 5.24. The Morgan fingerprint density at radius 2 is 2.17 bits per heavy atom. The molecule has 0 fully saturated rings. The lowest BCUT2D eigenvalue weighted by molar-refractivity contribution is 0.0679. The molecule has 1 heterocycles. The summed E-state index contributed by atoms with van der Waals surface area (Å²) in [6.07, 6.45) is 1.43. The third-order valence-electron chi connectivity index (χ3n) is 2.52. The molecule has 2 rings (SSSR count). The minimum absolute atomic E-state index is 0.0399. The molecule has 0 saturated heterocycles. The molecule has 0 unspecified atom stereocenters. The van der Waals surface area contributed by atoms with Crippen molar-refractivity contribution in [3.8, 4) is 11.5 Å². The number of carboxylic acid groups (broad SMARTS) is 1. The highest BCUT2D eigenvalue weighted by molar-refractivity contribution is 5.83. The standard InChI is InChI=1S/C12H12N2O4/c1-14-8(6-13-11(14)12(16)17)7-18-10-5-3-2-4-9(10)15/h2-6,15H,7H2,1H3,(H,16,17). The van der Waals surface area contributed by atoms with Crippen LogP contribution in [0.25, 0.3) is 0 Å². The van der Waals surface area contributed by atoms with Gasteiger partial charge in [0.25, 0.3) is 0 Å². The molecule has 2 N–H and O–H groups in total. The first-order valence-corrected chi connectivity index (χ1v) is 5.24. The van der Waals surface area contributed by atoms with E-state index in [9.17, 15) is 9.90 Å². The van der Waals surface area contributed by atoms with Crippen LogP contribution < -0.4 is 4.74 Å². The van der Waals surface area contributed by atoms with Gasteiger partial charge in [0.2, 0.25) is 5.82 Å². The minimum Gasteiger partial charge on any atom is -0.504 e. The van der Waals surface area contributed by atoms with Gasteiger partial charge in [-0.15, -0.1) is 0 Å². The topological polar surface area (TPSA) is 84.6 Å². The normalized spacial score (nSPS) is 10.3. The number of aromatic carboxylic acids is 1. The van der Waals surface area contributed by atoms with Crippen molar-refractivity contribution < 1.29 is 19.7 Å². The summed E-state index contributed by atoms with van der Waals surface area (Å²) in [6.45, 7) is 0.133. The third-order valence-corrected chi connectivity index (χ3v) is 2.52. The molecule has 18 heavy (non-hydrogen) atoms. The predicted molar refractivity (Wildman–Crippen MR) is 62.6 cm³/mol. The van der Waals surface area contributed by atoms with Gasteiger partial charge in [0, 0.05) is 7.05 Å². The molecule has 0 aliphatic heterocycles. The molecule has 0 spiro atoms. The molecule has 0 bridgehead atoms. The lowest BCUT2D eigenvalue weighted by atomic mass is 10.3. The molecular weight excluding hydrogens is 236 g/mol. The van der Waals surface area contributed by atoms with Gasteiger partial charge in [-0.25, -0.2) is 9.78 Å². The zero-order valence-electron chi connectivity index (χ0n) is 9.70. The fourth-order valence-electron chi connectivity index (χ4n) is 1.51. The van der Waals surface area contributed by atoms with E-state index in [1.165, 1.54) is 16.8 Å². The van der Waals surface area contributed by atoms with Crippen molar-refractivity contribution in [2.75, 3.05) is 0 Å².